The van der Waals surface area contributed by atoms with Crippen molar-refractivity contribution >= 4 is 29.0 Å². The van der Waals surface area contributed by atoms with Crippen molar-refractivity contribution in [3.63, 3.8) is 0 Å². The Hall–Kier alpha value is -0.740. The third kappa shape index (κ3) is 3.06. The van der Waals surface area contributed by atoms with Crippen LogP contribution in [0, 0.1) is 0 Å². The first kappa shape index (κ1) is 14.7. The minimum Gasteiger partial charge on any atom is -0.307 e. The number of alkyl halides is 1. The molecule has 0 amide bonds. The largest absolute Gasteiger partial charge is 0.369 e. The summed E-state index contributed by atoms with van der Waals surface area (Å²) in [6.45, 7) is 3.64. The zero-order chi connectivity index (χ0) is 13.9. The molecule has 0 aliphatic carbocycles. The first-order valence-electron chi connectivity index (χ1n) is 6.10. The maximum atomic E-state index is 14.5. The van der Waals surface area contributed by atoms with E-state index < -0.39 is 13.5 Å². The van der Waals surface area contributed by atoms with Gasteiger partial charge < -0.3 is 9.05 Å². The number of rotatable bonds is 6. The van der Waals surface area contributed by atoms with E-state index in [1.165, 1.54) is 0 Å². The lowest BCUT2D eigenvalue weighted by Crippen LogP contribution is -2.02. The molecule has 0 aliphatic heterocycles. The molecular weight excluding hydrogens is 286 g/mol. The first-order chi connectivity index (χ1) is 9.10. The topological polar surface area (TPSA) is 35.5 Å². The summed E-state index contributed by atoms with van der Waals surface area (Å²) >= 11 is 1.58. The second-order valence-electron chi connectivity index (χ2n) is 3.93. The van der Waals surface area contributed by atoms with Crippen LogP contribution in [0.1, 0.15) is 25.3 Å². The van der Waals surface area contributed by atoms with Crippen molar-refractivity contribution in [3.05, 3.63) is 35.2 Å². The van der Waals surface area contributed by atoms with Crippen LogP contribution in [0.3, 0.4) is 0 Å². The molecule has 0 saturated heterocycles. The van der Waals surface area contributed by atoms with Gasteiger partial charge in [0, 0.05) is 4.70 Å². The van der Waals surface area contributed by atoms with Gasteiger partial charge in [-0.05, 0) is 48.4 Å². The van der Waals surface area contributed by atoms with Crippen molar-refractivity contribution in [2.75, 3.05) is 13.2 Å². The zero-order valence-electron chi connectivity index (χ0n) is 10.8. The van der Waals surface area contributed by atoms with Crippen molar-refractivity contribution in [1.29, 1.82) is 0 Å². The molecule has 6 heteroatoms. The van der Waals surface area contributed by atoms with E-state index in [-0.39, 0.29) is 13.2 Å². The molecule has 1 aromatic carbocycles. The fourth-order valence-corrected chi connectivity index (χ4v) is 4.20. The number of hydrogen-bond donors (Lipinski definition) is 0. The standard InChI is InChI=1S/C13H16FO3PS/c1-3-16-18(15,17-4-2)13(14)11-5-6-12-10(9-11)7-8-19-12/h5-9,13H,3-4H2,1-2H3/t13-/m1/s1. The van der Waals surface area contributed by atoms with Crippen LogP contribution in [-0.4, -0.2) is 13.2 Å². The molecule has 1 heterocycles. The van der Waals surface area contributed by atoms with E-state index in [4.69, 9.17) is 9.05 Å². The summed E-state index contributed by atoms with van der Waals surface area (Å²) in [6, 6.07) is 7.06. The highest BCUT2D eigenvalue weighted by Gasteiger charge is 2.37. The molecular formula is C13H16FO3PS. The summed E-state index contributed by atoms with van der Waals surface area (Å²) in [6.07, 6.45) is 0. The van der Waals surface area contributed by atoms with Gasteiger partial charge in [0.15, 0.2) is 0 Å². The van der Waals surface area contributed by atoms with Gasteiger partial charge in [0.2, 0.25) is 5.91 Å². The minimum absolute atomic E-state index is 0.151. The second kappa shape index (κ2) is 6.14. The van der Waals surface area contributed by atoms with E-state index in [9.17, 15) is 8.96 Å². The normalized spacial score (nSPS) is 13.8. The Kier molecular flexibility index (Phi) is 4.74. The molecule has 19 heavy (non-hydrogen) atoms. The van der Waals surface area contributed by atoms with Gasteiger partial charge in [-0.15, -0.1) is 11.3 Å². The monoisotopic (exact) mass is 302 g/mol. The quantitative estimate of drug-likeness (QED) is 0.693. The Bertz CT molecular complexity index is 588. The summed E-state index contributed by atoms with van der Waals surface area (Å²) in [5.74, 6) is -1.75. The Balaban J connectivity index is 2.34. The van der Waals surface area contributed by atoms with Gasteiger partial charge in [0.25, 0.3) is 0 Å². The average molecular weight is 302 g/mol. The molecule has 0 radical (unpaired) electrons. The van der Waals surface area contributed by atoms with E-state index in [0.717, 1.165) is 10.1 Å². The van der Waals surface area contributed by atoms with E-state index in [2.05, 4.69) is 0 Å². The summed E-state index contributed by atoms with van der Waals surface area (Å²) in [7, 11) is -3.75. The van der Waals surface area contributed by atoms with Crippen molar-refractivity contribution in [2.24, 2.45) is 0 Å². The average Bonchev–Trinajstić information content (AvgIpc) is 2.85. The van der Waals surface area contributed by atoms with Crippen LogP contribution in [0.15, 0.2) is 29.6 Å². The molecule has 0 N–H and O–H groups in total. The molecule has 104 valence electrons. The maximum absolute atomic E-state index is 14.5. The lowest BCUT2D eigenvalue weighted by molar-refractivity contribution is 0.190. The maximum Gasteiger partial charge on any atom is 0.369 e. The van der Waals surface area contributed by atoms with Crippen LogP contribution in [-0.2, 0) is 13.6 Å². The van der Waals surface area contributed by atoms with Crippen LogP contribution >= 0.6 is 18.9 Å². The summed E-state index contributed by atoms with van der Waals surface area (Å²) in [4.78, 5) is 0. The Morgan fingerprint density at radius 2 is 1.95 bits per heavy atom. The van der Waals surface area contributed by atoms with Crippen molar-refractivity contribution in [3.8, 4) is 0 Å². The smallest absolute Gasteiger partial charge is 0.307 e. The lowest BCUT2D eigenvalue weighted by atomic mass is 10.2. The molecule has 3 nitrogen and oxygen atoms in total. The van der Waals surface area contributed by atoms with Gasteiger partial charge in [-0.3, -0.25) is 4.57 Å². The van der Waals surface area contributed by atoms with Crippen LogP contribution in [0.4, 0.5) is 4.39 Å². The van der Waals surface area contributed by atoms with Gasteiger partial charge >= 0.3 is 7.60 Å². The molecule has 2 aromatic rings. The highest BCUT2D eigenvalue weighted by molar-refractivity contribution is 7.54. The van der Waals surface area contributed by atoms with E-state index >= 15 is 0 Å². The first-order valence-corrected chi connectivity index (χ1v) is 8.60. The third-order valence-corrected chi connectivity index (χ3v) is 5.63. The summed E-state index contributed by atoms with van der Waals surface area (Å²) in [5, 5.41) is 2.87. The third-order valence-electron chi connectivity index (χ3n) is 2.65. The number of hydrogen-bond acceptors (Lipinski definition) is 4. The Labute approximate surface area is 115 Å². The van der Waals surface area contributed by atoms with Gasteiger partial charge in [-0.1, -0.05) is 6.07 Å². The number of benzene rings is 1. The number of thiophene rings is 1. The fourth-order valence-electron chi connectivity index (χ4n) is 1.84. The predicted octanol–water partition coefficient (Wildman–Crippen LogP) is 5.14. The van der Waals surface area contributed by atoms with Gasteiger partial charge in [0.05, 0.1) is 13.2 Å². The number of fused-ring (bicyclic) bond motifs is 1. The van der Waals surface area contributed by atoms with Crippen LogP contribution in [0.2, 0.25) is 0 Å². The molecule has 1 aromatic heterocycles. The minimum atomic E-state index is -3.75. The van der Waals surface area contributed by atoms with Crippen LogP contribution in [0.5, 0.6) is 0 Å². The fraction of sp³-hybridized carbons (Fsp3) is 0.385. The molecule has 0 bridgehead atoms. The Morgan fingerprint density at radius 3 is 2.58 bits per heavy atom. The molecule has 0 unspecified atom stereocenters. The summed E-state index contributed by atoms with van der Waals surface area (Å²) < 4.78 is 38.0. The van der Waals surface area contributed by atoms with E-state index in [1.807, 2.05) is 17.5 Å². The Morgan fingerprint density at radius 1 is 1.26 bits per heavy atom. The lowest BCUT2D eigenvalue weighted by Gasteiger charge is -2.20. The second-order valence-corrected chi connectivity index (χ2v) is 6.93. The van der Waals surface area contributed by atoms with Crippen LogP contribution < -0.4 is 0 Å². The number of halogens is 1. The van der Waals surface area contributed by atoms with E-state index in [0.29, 0.717) is 5.56 Å². The molecule has 2 rings (SSSR count). The molecule has 1 atom stereocenters. The zero-order valence-corrected chi connectivity index (χ0v) is 12.5. The summed E-state index contributed by atoms with van der Waals surface area (Å²) in [5.41, 5.74) is 0.330. The highest BCUT2D eigenvalue weighted by atomic mass is 32.1. The highest BCUT2D eigenvalue weighted by Crippen LogP contribution is 2.61. The molecule has 0 fully saturated rings. The van der Waals surface area contributed by atoms with Gasteiger partial charge in [-0.2, -0.15) is 0 Å². The molecule has 0 aliphatic rings. The van der Waals surface area contributed by atoms with Gasteiger partial charge in [-0.25, -0.2) is 4.39 Å². The molecule has 0 saturated carbocycles. The van der Waals surface area contributed by atoms with Crippen molar-refractivity contribution < 1.29 is 18.0 Å². The van der Waals surface area contributed by atoms with Gasteiger partial charge in [0.1, 0.15) is 0 Å². The van der Waals surface area contributed by atoms with Crippen molar-refractivity contribution in [1.82, 2.24) is 0 Å². The predicted molar refractivity (Wildman–Crippen MR) is 76.5 cm³/mol. The SMILES string of the molecule is CCOP(=O)(OCC)[C@@H](F)c1ccc2sccc2c1. The van der Waals surface area contributed by atoms with Crippen molar-refractivity contribution in [2.45, 2.75) is 19.8 Å². The van der Waals surface area contributed by atoms with Crippen LogP contribution in [0.25, 0.3) is 10.1 Å². The van der Waals surface area contributed by atoms with E-state index in [1.54, 1.807) is 37.3 Å². The molecule has 0 spiro atoms.